The van der Waals surface area contributed by atoms with Crippen LogP contribution < -0.4 is 14.8 Å². The highest BCUT2D eigenvalue weighted by Gasteiger charge is 2.45. The van der Waals surface area contributed by atoms with E-state index in [9.17, 15) is 14.8 Å². The molecule has 1 aromatic carbocycles. The molecule has 0 bridgehead atoms. The minimum Gasteiger partial charge on any atom is -0.497 e. The van der Waals surface area contributed by atoms with Crippen LogP contribution >= 0.6 is 7.82 Å². The Balaban J connectivity index is 1.50. The molecule has 0 spiro atoms. The monoisotopic (exact) mass is 483 g/mol. The quantitative estimate of drug-likeness (QED) is 0.221. The highest BCUT2D eigenvalue weighted by molar-refractivity contribution is 7.46. The summed E-state index contributed by atoms with van der Waals surface area (Å²) in [6.45, 7) is -0.386. The normalized spacial score (nSPS) is 23.1. The number of imidazole rings is 1. The van der Waals surface area contributed by atoms with E-state index in [1.807, 2.05) is 0 Å². The van der Waals surface area contributed by atoms with Gasteiger partial charge in [0, 0.05) is 18.2 Å². The second-order valence-corrected chi connectivity index (χ2v) is 8.32. The van der Waals surface area contributed by atoms with Crippen LogP contribution in [-0.4, -0.2) is 78.3 Å². The molecule has 1 aliphatic heterocycles. The molecule has 2 aromatic heterocycles. The summed E-state index contributed by atoms with van der Waals surface area (Å²) in [6, 6.07) is 5.02. The summed E-state index contributed by atoms with van der Waals surface area (Å²) in [4.78, 5) is 33.0. The number of methoxy groups -OCH3 is 1. The highest BCUT2D eigenvalue weighted by atomic mass is 31.2. The van der Waals surface area contributed by atoms with Crippen LogP contribution in [0.15, 0.2) is 30.9 Å². The summed E-state index contributed by atoms with van der Waals surface area (Å²) in [5, 5.41) is 23.6. The van der Waals surface area contributed by atoms with Crippen LogP contribution in [0.2, 0.25) is 0 Å². The first-order valence-electron chi connectivity index (χ1n) is 9.68. The van der Waals surface area contributed by atoms with Gasteiger partial charge in [-0.25, -0.2) is 19.5 Å². The maximum atomic E-state index is 10.9. The number of aromatic amines is 1. The Bertz CT molecular complexity index is 1160. The maximum absolute atomic E-state index is 10.9. The Morgan fingerprint density at radius 1 is 1.21 bits per heavy atom. The van der Waals surface area contributed by atoms with Crippen molar-refractivity contribution in [1.29, 1.82) is 0 Å². The molecule has 178 valence electrons. The molecular weight excluding hydrogens is 461 g/mol. The molecule has 15 heteroatoms. The number of aliphatic hydroxyl groups excluding tert-OH is 2. The minimum atomic E-state index is -4.78. The average molecular weight is 483 g/mol. The zero-order valence-corrected chi connectivity index (χ0v) is 18.1. The number of ether oxygens (including phenoxy) is 3. The third-order valence-corrected chi connectivity index (χ3v) is 5.40. The first-order chi connectivity index (χ1) is 15.7. The highest BCUT2D eigenvalue weighted by Crippen LogP contribution is 2.37. The van der Waals surface area contributed by atoms with Crippen molar-refractivity contribution in [2.24, 2.45) is 0 Å². The van der Waals surface area contributed by atoms with E-state index in [4.69, 9.17) is 24.0 Å². The minimum absolute atomic E-state index is 0.251. The lowest BCUT2D eigenvalue weighted by Crippen LogP contribution is -2.36. The van der Waals surface area contributed by atoms with Crippen molar-refractivity contribution in [1.82, 2.24) is 19.9 Å². The average Bonchev–Trinajstić information content (AvgIpc) is 3.37. The predicted octanol–water partition coefficient (Wildman–Crippen LogP) is -0.0916. The number of aliphatic hydroxyl groups is 2. The van der Waals surface area contributed by atoms with Gasteiger partial charge in [-0.2, -0.15) is 0 Å². The molecule has 14 nitrogen and oxygen atoms in total. The number of rotatable bonds is 9. The summed E-state index contributed by atoms with van der Waals surface area (Å²) >= 11 is 0. The number of hydrogen-bond acceptors (Lipinski definition) is 11. The zero-order chi connectivity index (χ0) is 23.6. The van der Waals surface area contributed by atoms with E-state index in [-0.39, 0.29) is 12.3 Å². The van der Waals surface area contributed by atoms with Crippen LogP contribution in [0, 0.1) is 0 Å². The molecule has 0 saturated carbocycles. The van der Waals surface area contributed by atoms with Gasteiger partial charge in [-0.3, -0.25) is 4.52 Å². The van der Waals surface area contributed by atoms with Crippen molar-refractivity contribution in [3.63, 3.8) is 0 Å². The number of hydrogen-bond donors (Lipinski definition) is 6. The van der Waals surface area contributed by atoms with Gasteiger partial charge in [-0.15, -0.1) is 0 Å². The molecular formula is C18H22N5O9P. The van der Waals surface area contributed by atoms with Gasteiger partial charge in [0.25, 0.3) is 0 Å². The first-order valence-corrected chi connectivity index (χ1v) is 11.2. The summed E-state index contributed by atoms with van der Waals surface area (Å²) < 4.78 is 31.8. The van der Waals surface area contributed by atoms with Gasteiger partial charge in [-0.05, 0) is 12.1 Å². The van der Waals surface area contributed by atoms with Crippen LogP contribution in [0.4, 0.5) is 5.82 Å². The van der Waals surface area contributed by atoms with Gasteiger partial charge in [-0.1, -0.05) is 0 Å². The molecule has 3 heterocycles. The fourth-order valence-corrected chi connectivity index (χ4v) is 3.58. The molecule has 3 aromatic rings. The van der Waals surface area contributed by atoms with Crippen molar-refractivity contribution in [2.45, 2.75) is 31.1 Å². The van der Waals surface area contributed by atoms with E-state index < -0.39 is 39.0 Å². The standard InChI is InChI=1S/C18H22N5O9P/c1-29-10-3-2-9(5-19-16-13-17(21-7-20-13)23-8-22-16)11(4-10)31-18-15(25)14(24)12(32-18)6-30-33(26,27)28/h2-4,7-8,12,14-15,18,24-25H,5-6H2,1H3,(H2,26,27,28)(H2,19,20,21,22,23)/t12-,14-,15-,18?/m1/s1. The largest absolute Gasteiger partial charge is 0.497 e. The van der Waals surface area contributed by atoms with Crippen molar-refractivity contribution >= 4 is 24.8 Å². The summed E-state index contributed by atoms with van der Waals surface area (Å²) in [7, 11) is -3.30. The first kappa shape index (κ1) is 23.3. The van der Waals surface area contributed by atoms with Gasteiger partial charge in [0.05, 0.1) is 20.0 Å². The number of phosphoric ester groups is 1. The molecule has 4 rings (SSSR count). The molecule has 33 heavy (non-hydrogen) atoms. The van der Waals surface area contributed by atoms with E-state index >= 15 is 0 Å². The smallest absolute Gasteiger partial charge is 0.469 e. The second-order valence-electron chi connectivity index (χ2n) is 7.08. The number of benzene rings is 1. The van der Waals surface area contributed by atoms with E-state index in [0.29, 0.717) is 28.3 Å². The van der Waals surface area contributed by atoms with Crippen LogP contribution in [0.3, 0.4) is 0 Å². The van der Waals surface area contributed by atoms with Crippen molar-refractivity contribution in [3.05, 3.63) is 36.4 Å². The third kappa shape index (κ3) is 5.39. The zero-order valence-electron chi connectivity index (χ0n) is 17.2. The van der Waals surface area contributed by atoms with Gasteiger partial charge in [0.1, 0.15) is 41.7 Å². The summed E-state index contributed by atoms with van der Waals surface area (Å²) in [5.74, 6) is 1.27. The van der Waals surface area contributed by atoms with E-state index in [1.54, 1.807) is 18.2 Å². The molecule has 0 amide bonds. The molecule has 4 atom stereocenters. The van der Waals surface area contributed by atoms with E-state index in [1.165, 1.54) is 19.8 Å². The van der Waals surface area contributed by atoms with Crippen molar-refractivity contribution in [2.75, 3.05) is 19.0 Å². The van der Waals surface area contributed by atoms with Gasteiger partial charge in [0.15, 0.2) is 11.5 Å². The van der Waals surface area contributed by atoms with Crippen LogP contribution in [0.5, 0.6) is 11.5 Å². The van der Waals surface area contributed by atoms with Crippen LogP contribution in [0.1, 0.15) is 5.56 Å². The fourth-order valence-electron chi connectivity index (χ4n) is 3.24. The maximum Gasteiger partial charge on any atom is 0.469 e. The molecule has 1 fully saturated rings. The lowest BCUT2D eigenvalue weighted by Gasteiger charge is -2.20. The number of nitrogens with zero attached hydrogens (tertiary/aromatic N) is 3. The van der Waals surface area contributed by atoms with E-state index in [2.05, 4.69) is 29.8 Å². The second kappa shape index (κ2) is 9.57. The molecule has 1 aliphatic rings. The molecule has 6 N–H and O–H groups in total. The SMILES string of the molecule is COc1ccc(CNc2ncnc3nc[nH]c23)c(OC2O[C@H](COP(=O)(O)O)[C@@H](O)[C@H]2O)c1. The Hall–Kier alpha value is -2.84. The summed E-state index contributed by atoms with van der Waals surface area (Å²) in [6.07, 6.45) is -2.63. The van der Waals surface area contributed by atoms with Gasteiger partial charge in [0.2, 0.25) is 6.29 Å². The lowest BCUT2D eigenvalue weighted by molar-refractivity contribution is -0.116. The lowest BCUT2D eigenvalue weighted by atomic mass is 10.1. The number of phosphoric acid groups is 1. The van der Waals surface area contributed by atoms with Gasteiger partial charge >= 0.3 is 7.82 Å². The van der Waals surface area contributed by atoms with Gasteiger partial charge < -0.3 is 44.5 Å². The van der Waals surface area contributed by atoms with Crippen LogP contribution in [-0.2, 0) is 20.4 Å². The Labute approximate surface area is 186 Å². The Morgan fingerprint density at radius 2 is 2.03 bits per heavy atom. The number of anilines is 1. The van der Waals surface area contributed by atoms with Crippen molar-refractivity contribution < 1.29 is 43.3 Å². The Kier molecular flexibility index (Phi) is 6.76. The van der Waals surface area contributed by atoms with E-state index in [0.717, 1.165) is 0 Å². The number of aromatic nitrogens is 4. The molecule has 0 radical (unpaired) electrons. The number of nitrogens with one attached hydrogen (secondary N) is 2. The molecule has 0 aliphatic carbocycles. The summed E-state index contributed by atoms with van der Waals surface area (Å²) in [5.41, 5.74) is 1.76. The van der Waals surface area contributed by atoms with Crippen molar-refractivity contribution in [3.8, 4) is 11.5 Å². The topological polar surface area (TPSA) is 201 Å². The predicted molar refractivity (Wildman–Crippen MR) is 111 cm³/mol. The third-order valence-electron chi connectivity index (χ3n) is 4.91. The Morgan fingerprint density at radius 3 is 2.79 bits per heavy atom. The fraction of sp³-hybridized carbons (Fsp3) is 0.389. The van der Waals surface area contributed by atoms with Crippen LogP contribution in [0.25, 0.3) is 11.2 Å². The molecule has 1 saturated heterocycles. The molecule has 1 unspecified atom stereocenters. The number of fused-ring (bicyclic) bond motifs is 1. The number of H-pyrrole nitrogens is 1.